The van der Waals surface area contributed by atoms with Crippen LogP contribution in [-0.2, 0) is 36.7 Å². The molecule has 2 saturated heterocycles. The number of hydrogen-bond acceptors (Lipinski definition) is 13. The first-order valence-electron chi connectivity index (χ1n) is 17.1. The number of amides is 2. The minimum atomic E-state index is -2.04. The number of aliphatic hydroxyl groups is 1. The molecule has 0 aliphatic carbocycles. The fraction of sp³-hybridized carbons (Fsp3) is 0.500. The first-order valence-corrected chi connectivity index (χ1v) is 21.4. The summed E-state index contributed by atoms with van der Waals surface area (Å²) in [5.41, 5.74) is 1.03. The van der Waals surface area contributed by atoms with Crippen molar-refractivity contribution in [2.24, 2.45) is 5.92 Å². The van der Waals surface area contributed by atoms with E-state index in [0.29, 0.717) is 21.8 Å². The number of rotatable bonds is 16. The maximum Gasteiger partial charge on any atom is 0.410 e. The van der Waals surface area contributed by atoms with E-state index in [4.69, 9.17) is 13.9 Å². The van der Waals surface area contributed by atoms with Crippen LogP contribution in [0, 0.1) is 26.1 Å². The predicted octanol–water partition coefficient (Wildman–Crippen LogP) is 6.16. The van der Waals surface area contributed by atoms with Crippen molar-refractivity contribution in [1.82, 2.24) is 9.80 Å². The molecule has 3 heterocycles. The Morgan fingerprint density at radius 3 is 2.00 bits per heavy atom. The Hall–Kier alpha value is -3.97. The van der Waals surface area contributed by atoms with E-state index in [9.17, 15) is 39.7 Å². The molecule has 3 aliphatic heterocycles. The van der Waals surface area contributed by atoms with Crippen LogP contribution < -0.4 is 0 Å². The number of nitrogens with zero attached hydrogens (tertiary/aromatic N) is 4. The Bertz CT molecular complexity index is 1700. The molecule has 0 bridgehead atoms. The Balaban J connectivity index is 1.31. The summed E-state index contributed by atoms with van der Waals surface area (Å²) in [7, 11) is -2.04. The minimum absolute atomic E-state index is 0.0823. The molecule has 280 valence electrons. The van der Waals surface area contributed by atoms with Gasteiger partial charge in [-0.25, -0.2) is 9.59 Å². The Labute approximate surface area is 310 Å². The van der Waals surface area contributed by atoms with Gasteiger partial charge in [0.15, 0.2) is 14.0 Å². The quantitative estimate of drug-likeness (QED) is 0.0671. The Morgan fingerprint density at radius 2 is 1.50 bits per heavy atom. The molecule has 52 heavy (non-hydrogen) atoms. The number of nitro benzene ring substituents is 2. The number of β-lactam (4-membered cyclic amide) rings is 1. The number of benzene rings is 2. The zero-order chi connectivity index (χ0) is 37.7. The number of ether oxygens (including phenoxy) is 2. The highest BCUT2D eigenvalue weighted by Gasteiger charge is 2.59. The number of nitro groups is 2. The van der Waals surface area contributed by atoms with Gasteiger partial charge in [-0.1, -0.05) is 32.5 Å². The lowest BCUT2D eigenvalue weighted by molar-refractivity contribution is -0.385. The lowest BCUT2D eigenvalue weighted by atomic mass is 9.92. The second kappa shape index (κ2) is 16.8. The second-order valence-electron chi connectivity index (χ2n) is 12.9. The molecule has 2 fully saturated rings. The van der Waals surface area contributed by atoms with Gasteiger partial charge in [-0.15, -0.1) is 11.8 Å². The van der Waals surface area contributed by atoms with Crippen molar-refractivity contribution in [2.45, 2.75) is 88.2 Å². The van der Waals surface area contributed by atoms with Crippen molar-refractivity contribution < 1.29 is 43.2 Å². The van der Waals surface area contributed by atoms with Crippen LogP contribution in [0.1, 0.15) is 45.2 Å². The Kier molecular flexibility index (Phi) is 12.7. The number of carbonyl (C=O) groups excluding carboxylic acids is 3. The van der Waals surface area contributed by atoms with Gasteiger partial charge in [0.25, 0.3) is 11.4 Å². The van der Waals surface area contributed by atoms with Gasteiger partial charge in [0, 0.05) is 36.1 Å². The number of likely N-dealkylation sites (tertiary alicyclic amines) is 1. The van der Waals surface area contributed by atoms with Crippen molar-refractivity contribution in [3.05, 3.63) is 89.8 Å². The van der Waals surface area contributed by atoms with Crippen molar-refractivity contribution in [2.75, 3.05) is 13.2 Å². The molecule has 1 N–H and O–H groups in total. The van der Waals surface area contributed by atoms with E-state index in [0.717, 1.165) is 18.1 Å². The maximum atomic E-state index is 13.8. The first kappa shape index (κ1) is 39.2. The second-order valence-corrected chi connectivity index (χ2v) is 20.3. The lowest BCUT2D eigenvalue weighted by Gasteiger charge is -2.47. The monoisotopic (exact) mass is 774 g/mol. The van der Waals surface area contributed by atoms with Crippen LogP contribution in [0.4, 0.5) is 16.2 Å². The first-order chi connectivity index (χ1) is 24.8. The highest BCUT2D eigenvalue weighted by atomic mass is 32.2. The summed E-state index contributed by atoms with van der Waals surface area (Å²) in [6.45, 7) is 7.88. The number of carbonyl (C=O) groups is 3. The van der Waals surface area contributed by atoms with Crippen molar-refractivity contribution >= 4 is 61.2 Å². The van der Waals surface area contributed by atoms with Gasteiger partial charge < -0.3 is 23.9 Å². The fourth-order valence-corrected chi connectivity index (χ4v) is 13.0. The Morgan fingerprint density at radius 1 is 0.962 bits per heavy atom. The van der Waals surface area contributed by atoms with E-state index in [1.165, 1.54) is 81.9 Å². The van der Waals surface area contributed by atoms with Crippen LogP contribution in [0.15, 0.2) is 58.5 Å². The number of non-ortho nitro benzene ring substituents is 2. The minimum Gasteiger partial charge on any atom is -0.456 e. The SMILES string of the molecule is CC[Si](CC)(CC)O[C@@H](C)[C@@H]1C(=O)N2C(C(=O)OCc3ccc([N+](=O)[O-])cc3)=C(S[C@H]3C[C@@H](CO)N(C(=O)OCc4ccc([N+](=O)[O-])cc4)C3)S[C@H]12. The van der Waals surface area contributed by atoms with E-state index in [2.05, 4.69) is 20.8 Å². The molecule has 18 heteroatoms. The lowest BCUT2D eigenvalue weighted by Crippen LogP contribution is -2.62. The molecule has 0 saturated carbocycles. The third-order valence-electron chi connectivity index (χ3n) is 9.94. The third kappa shape index (κ3) is 8.30. The number of aliphatic hydroxyl groups excluding tert-OH is 1. The summed E-state index contributed by atoms with van der Waals surface area (Å²) in [5, 5.41) is 31.5. The van der Waals surface area contributed by atoms with Gasteiger partial charge in [-0.05, 0) is 66.9 Å². The topological polar surface area (TPSA) is 192 Å². The molecule has 0 spiro atoms. The van der Waals surface area contributed by atoms with Crippen LogP contribution >= 0.6 is 23.5 Å². The van der Waals surface area contributed by atoms with E-state index in [-0.39, 0.29) is 66.1 Å². The standard InChI is InChI=1S/C34H42N4O11S2Si/c1-5-52(6-2,7-3)49-21(4)28-30(40)36-29(32(41)47-19-22-8-12-24(13-9-22)37(43)44)33(51-31(28)36)50-27-16-26(18-39)35(17-27)34(42)48-20-23-10-14-25(15-11-23)38(45)46/h8-15,21,26-28,31,39H,5-7,16-20H2,1-4H3/t21-,26-,27-,28+,31+/m0/s1. The average Bonchev–Trinajstić information content (AvgIpc) is 3.71. The summed E-state index contributed by atoms with van der Waals surface area (Å²) >= 11 is 2.73. The predicted molar refractivity (Wildman–Crippen MR) is 196 cm³/mol. The van der Waals surface area contributed by atoms with Crippen LogP contribution in [0.2, 0.25) is 18.1 Å². The van der Waals surface area contributed by atoms with Gasteiger partial charge in [0.1, 0.15) is 18.6 Å². The van der Waals surface area contributed by atoms with Crippen LogP contribution in [0.25, 0.3) is 0 Å². The summed E-state index contributed by atoms with van der Waals surface area (Å²) in [5.74, 6) is -1.42. The highest BCUT2D eigenvalue weighted by molar-refractivity contribution is 8.23. The fourth-order valence-electron chi connectivity index (χ4n) is 6.66. The van der Waals surface area contributed by atoms with Crippen molar-refractivity contribution in [3.8, 4) is 0 Å². The number of fused-ring (bicyclic) bond motifs is 1. The number of esters is 1. The molecule has 2 aromatic rings. The van der Waals surface area contributed by atoms with E-state index in [1.54, 1.807) is 0 Å². The van der Waals surface area contributed by atoms with Crippen LogP contribution in [-0.4, -0.2) is 87.0 Å². The molecule has 0 radical (unpaired) electrons. The summed E-state index contributed by atoms with van der Waals surface area (Å²) in [6, 6.07) is 13.5. The van der Waals surface area contributed by atoms with Gasteiger partial charge in [-0.2, -0.15) is 0 Å². The van der Waals surface area contributed by atoms with Gasteiger partial charge in [0.2, 0.25) is 5.91 Å². The van der Waals surface area contributed by atoms with Crippen LogP contribution in [0.3, 0.4) is 0 Å². The summed E-state index contributed by atoms with van der Waals surface area (Å²) < 4.78 is 18.4. The molecular weight excluding hydrogens is 733 g/mol. The van der Waals surface area contributed by atoms with Gasteiger partial charge >= 0.3 is 12.1 Å². The molecule has 3 aliphatic rings. The van der Waals surface area contributed by atoms with Crippen molar-refractivity contribution in [1.29, 1.82) is 0 Å². The molecule has 0 unspecified atom stereocenters. The van der Waals surface area contributed by atoms with E-state index in [1.807, 2.05) is 6.92 Å². The highest BCUT2D eigenvalue weighted by Crippen LogP contribution is 2.56. The number of thioether (sulfide) groups is 2. The zero-order valence-electron chi connectivity index (χ0n) is 29.3. The van der Waals surface area contributed by atoms with E-state index < -0.39 is 42.2 Å². The average molecular weight is 775 g/mol. The molecule has 5 rings (SSSR count). The largest absolute Gasteiger partial charge is 0.456 e. The smallest absolute Gasteiger partial charge is 0.410 e. The van der Waals surface area contributed by atoms with Gasteiger partial charge in [-0.3, -0.25) is 29.9 Å². The molecule has 5 atom stereocenters. The number of hydrogen-bond donors (Lipinski definition) is 1. The van der Waals surface area contributed by atoms with Crippen LogP contribution in [0.5, 0.6) is 0 Å². The maximum absolute atomic E-state index is 13.8. The molecule has 15 nitrogen and oxygen atoms in total. The summed E-state index contributed by atoms with van der Waals surface area (Å²) in [6.07, 6.45) is -0.625. The molecule has 2 aromatic carbocycles. The molecular formula is C34H42N4O11S2Si. The molecule has 2 amide bonds. The normalized spacial score (nSPS) is 21.8. The van der Waals surface area contributed by atoms with Crippen molar-refractivity contribution in [3.63, 3.8) is 0 Å². The van der Waals surface area contributed by atoms with E-state index >= 15 is 0 Å². The third-order valence-corrected chi connectivity index (χ3v) is 17.5. The summed E-state index contributed by atoms with van der Waals surface area (Å²) in [4.78, 5) is 64.5. The zero-order valence-corrected chi connectivity index (χ0v) is 31.9. The molecule has 0 aromatic heterocycles. The van der Waals surface area contributed by atoms with Gasteiger partial charge in [0.05, 0.1) is 38.8 Å².